The SMILES string of the molecule is CBN1CCC2(CC1)CN(c1ccc(NC(=O)OC(C)(C)C)c([N+](=O)[O-])c1)C2. The van der Waals surface area contributed by atoms with Crippen molar-refractivity contribution < 1.29 is 14.5 Å². The van der Waals surface area contributed by atoms with E-state index in [1.807, 2.05) is 6.07 Å². The Kier molecular flexibility index (Phi) is 5.56. The zero-order valence-electron chi connectivity index (χ0n) is 17.2. The summed E-state index contributed by atoms with van der Waals surface area (Å²) in [7, 11) is 1.10. The van der Waals surface area contributed by atoms with Crippen molar-refractivity contribution >= 4 is 30.6 Å². The molecule has 0 aliphatic carbocycles. The number of nitro benzene ring substituents is 1. The molecule has 1 amide bonds. The Bertz CT molecular complexity index is 749. The first-order chi connectivity index (χ1) is 13.1. The van der Waals surface area contributed by atoms with Crippen LogP contribution in [0, 0.1) is 15.5 Å². The number of anilines is 2. The fraction of sp³-hybridized carbons (Fsp3) is 0.632. The Hall–Kier alpha value is -2.29. The maximum atomic E-state index is 12.0. The van der Waals surface area contributed by atoms with Crippen LogP contribution in [0.25, 0.3) is 0 Å². The van der Waals surface area contributed by atoms with Crippen LogP contribution in [0.3, 0.4) is 0 Å². The summed E-state index contributed by atoms with van der Waals surface area (Å²) in [6.07, 6.45) is 1.66. The number of hydrogen-bond donors (Lipinski definition) is 1. The van der Waals surface area contributed by atoms with Crippen LogP contribution in [0.15, 0.2) is 18.2 Å². The Morgan fingerprint density at radius 1 is 1.29 bits per heavy atom. The third-order valence-electron chi connectivity index (χ3n) is 5.60. The zero-order chi connectivity index (χ0) is 20.5. The van der Waals surface area contributed by atoms with E-state index in [1.165, 1.54) is 12.8 Å². The number of carbonyl (C=O) groups excluding carboxylic acids is 1. The molecule has 1 N–H and O–H groups in total. The number of rotatable bonds is 4. The molecule has 152 valence electrons. The van der Waals surface area contributed by atoms with E-state index in [-0.39, 0.29) is 11.4 Å². The Morgan fingerprint density at radius 2 is 1.93 bits per heavy atom. The lowest BCUT2D eigenvalue weighted by Gasteiger charge is -2.55. The number of piperidine rings is 1. The van der Waals surface area contributed by atoms with Gasteiger partial charge in [0.2, 0.25) is 7.41 Å². The van der Waals surface area contributed by atoms with E-state index in [4.69, 9.17) is 4.74 Å². The monoisotopic (exact) mass is 388 g/mol. The highest BCUT2D eigenvalue weighted by Gasteiger charge is 2.44. The summed E-state index contributed by atoms with van der Waals surface area (Å²) in [5.74, 6) is 0. The van der Waals surface area contributed by atoms with E-state index in [1.54, 1.807) is 32.9 Å². The maximum Gasteiger partial charge on any atom is 0.412 e. The van der Waals surface area contributed by atoms with Crippen LogP contribution in [-0.4, -0.2) is 55.0 Å². The van der Waals surface area contributed by atoms with Crippen molar-refractivity contribution in [2.75, 3.05) is 36.4 Å². The van der Waals surface area contributed by atoms with Crippen LogP contribution >= 0.6 is 0 Å². The number of benzene rings is 1. The van der Waals surface area contributed by atoms with Gasteiger partial charge in [-0.05, 0) is 58.8 Å². The normalized spacial score (nSPS) is 19.1. The number of nitro groups is 1. The lowest BCUT2D eigenvalue weighted by Crippen LogP contribution is -2.60. The molecular weight excluding hydrogens is 359 g/mol. The van der Waals surface area contributed by atoms with Crippen molar-refractivity contribution in [3.05, 3.63) is 28.3 Å². The van der Waals surface area contributed by atoms with Gasteiger partial charge in [0.1, 0.15) is 11.3 Å². The van der Waals surface area contributed by atoms with Crippen LogP contribution in [-0.2, 0) is 4.74 Å². The molecule has 1 aromatic carbocycles. The summed E-state index contributed by atoms with van der Waals surface area (Å²) in [5, 5.41) is 14.0. The minimum atomic E-state index is -0.700. The van der Waals surface area contributed by atoms with Gasteiger partial charge >= 0.3 is 6.09 Å². The highest BCUT2D eigenvalue weighted by molar-refractivity contribution is 6.29. The molecule has 28 heavy (non-hydrogen) atoms. The molecule has 2 fully saturated rings. The number of nitrogens with zero attached hydrogens (tertiary/aromatic N) is 3. The minimum Gasteiger partial charge on any atom is -0.444 e. The third kappa shape index (κ3) is 4.58. The number of hydrogen-bond acceptors (Lipinski definition) is 6. The van der Waals surface area contributed by atoms with Gasteiger partial charge in [-0.15, -0.1) is 0 Å². The summed E-state index contributed by atoms with van der Waals surface area (Å²) in [4.78, 5) is 27.7. The van der Waals surface area contributed by atoms with Crippen molar-refractivity contribution in [3.8, 4) is 0 Å². The van der Waals surface area contributed by atoms with Crippen LogP contribution < -0.4 is 10.2 Å². The second-order valence-corrected chi connectivity index (χ2v) is 8.88. The van der Waals surface area contributed by atoms with Crippen molar-refractivity contribution in [2.45, 2.75) is 46.0 Å². The summed E-state index contributed by atoms with van der Waals surface area (Å²) in [5.41, 5.74) is 0.524. The van der Waals surface area contributed by atoms with Gasteiger partial charge in [0.15, 0.2) is 0 Å². The fourth-order valence-corrected chi connectivity index (χ4v) is 3.99. The zero-order valence-corrected chi connectivity index (χ0v) is 17.2. The molecular formula is C19H29BN4O4. The quantitative estimate of drug-likeness (QED) is 0.484. The molecule has 8 nitrogen and oxygen atoms in total. The maximum absolute atomic E-state index is 12.0. The van der Waals surface area contributed by atoms with Gasteiger partial charge in [-0.2, -0.15) is 0 Å². The van der Waals surface area contributed by atoms with Gasteiger partial charge in [-0.25, -0.2) is 4.79 Å². The molecule has 2 saturated heterocycles. The first-order valence-corrected chi connectivity index (χ1v) is 9.87. The molecule has 2 aliphatic rings. The second kappa shape index (κ2) is 7.62. The van der Waals surface area contributed by atoms with Crippen molar-refractivity contribution in [2.24, 2.45) is 5.41 Å². The summed E-state index contributed by atoms with van der Waals surface area (Å²) in [6, 6.07) is 4.95. The Balaban J connectivity index is 1.67. The topological polar surface area (TPSA) is 88.0 Å². The molecule has 0 bridgehead atoms. The number of ether oxygens (including phenoxy) is 1. The van der Waals surface area contributed by atoms with E-state index in [0.29, 0.717) is 5.41 Å². The Morgan fingerprint density at radius 3 is 2.46 bits per heavy atom. The minimum absolute atomic E-state index is 0.120. The standard InChI is InChI=1S/C19H29BN4O4/c1-18(2,3)28-17(25)21-15-6-5-14(11-16(15)24(26)27)22-12-19(13-22)7-9-23(20-4)10-8-19/h5-6,11,20H,7-10,12-13H2,1-4H3,(H,21,25). The third-order valence-corrected chi connectivity index (χ3v) is 5.60. The van der Waals surface area contributed by atoms with E-state index in [2.05, 4.69) is 21.9 Å². The molecule has 1 spiro atoms. The molecule has 0 atom stereocenters. The largest absolute Gasteiger partial charge is 0.444 e. The molecule has 0 saturated carbocycles. The number of amides is 1. The van der Waals surface area contributed by atoms with Crippen molar-refractivity contribution in [1.29, 1.82) is 0 Å². The van der Waals surface area contributed by atoms with Gasteiger partial charge in [-0.1, -0.05) is 6.82 Å². The van der Waals surface area contributed by atoms with E-state index in [0.717, 1.165) is 39.3 Å². The summed E-state index contributed by atoms with van der Waals surface area (Å²) < 4.78 is 5.19. The fourth-order valence-electron chi connectivity index (χ4n) is 3.99. The van der Waals surface area contributed by atoms with Crippen LogP contribution in [0.5, 0.6) is 0 Å². The molecule has 0 aromatic heterocycles. The number of nitrogens with one attached hydrogen (secondary N) is 1. The highest BCUT2D eigenvalue weighted by atomic mass is 16.6. The van der Waals surface area contributed by atoms with Gasteiger partial charge in [0.25, 0.3) is 5.69 Å². The average Bonchev–Trinajstić information content (AvgIpc) is 2.58. The summed E-state index contributed by atoms with van der Waals surface area (Å²) >= 11 is 0. The van der Waals surface area contributed by atoms with Crippen LogP contribution in [0.4, 0.5) is 21.9 Å². The predicted octanol–water partition coefficient (Wildman–Crippen LogP) is 3.24. The second-order valence-electron chi connectivity index (χ2n) is 8.88. The van der Waals surface area contributed by atoms with E-state index >= 15 is 0 Å². The lowest BCUT2D eigenvalue weighted by molar-refractivity contribution is -0.383. The smallest absolute Gasteiger partial charge is 0.412 e. The van der Waals surface area contributed by atoms with Crippen molar-refractivity contribution in [1.82, 2.24) is 4.81 Å². The number of carbonyl (C=O) groups is 1. The van der Waals surface area contributed by atoms with E-state index in [9.17, 15) is 14.9 Å². The van der Waals surface area contributed by atoms with Crippen LogP contribution in [0.1, 0.15) is 33.6 Å². The van der Waals surface area contributed by atoms with Gasteiger partial charge in [-0.3, -0.25) is 15.4 Å². The highest BCUT2D eigenvalue weighted by Crippen LogP contribution is 2.43. The first kappa shape index (κ1) is 20.4. The first-order valence-electron chi connectivity index (χ1n) is 9.87. The lowest BCUT2D eigenvalue weighted by atomic mass is 9.70. The summed E-state index contributed by atoms with van der Waals surface area (Å²) in [6.45, 7) is 11.5. The molecule has 2 aliphatic heterocycles. The van der Waals surface area contributed by atoms with Gasteiger partial charge < -0.3 is 14.4 Å². The van der Waals surface area contributed by atoms with Gasteiger partial charge in [0, 0.05) is 30.3 Å². The molecule has 1 aromatic rings. The molecule has 0 radical (unpaired) electrons. The van der Waals surface area contributed by atoms with Gasteiger partial charge in [0.05, 0.1) is 4.92 Å². The van der Waals surface area contributed by atoms with Crippen LogP contribution in [0.2, 0.25) is 6.82 Å². The molecule has 2 heterocycles. The Labute approximate surface area is 166 Å². The molecule has 9 heteroatoms. The van der Waals surface area contributed by atoms with E-state index < -0.39 is 16.6 Å². The molecule has 0 unspecified atom stereocenters. The van der Waals surface area contributed by atoms with Crippen molar-refractivity contribution in [3.63, 3.8) is 0 Å². The molecule has 3 rings (SSSR count). The predicted molar refractivity (Wildman–Crippen MR) is 111 cm³/mol. The average molecular weight is 388 g/mol.